The molecule has 0 aromatic heterocycles. The topological polar surface area (TPSA) is 72.6 Å². The number of aliphatic imine (C=N–C) groups is 1. The summed E-state index contributed by atoms with van der Waals surface area (Å²) < 4.78 is 0. The SMILES string of the molecule is Cc1ccc(N=CC[N+](=O)[O-])c(C(=O)c2ccccc2C)c1. The average molecular weight is 296 g/mol. The molecule has 0 fully saturated rings. The quantitative estimate of drug-likeness (QED) is 0.367. The van der Waals surface area contributed by atoms with Crippen molar-refractivity contribution in [1.82, 2.24) is 0 Å². The number of ketones is 1. The zero-order valence-corrected chi connectivity index (χ0v) is 12.4. The molecule has 0 saturated carbocycles. The van der Waals surface area contributed by atoms with Crippen LogP contribution in [0.3, 0.4) is 0 Å². The van der Waals surface area contributed by atoms with Crippen molar-refractivity contribution < 1.29 is 9.72 Å². The van der Waals surface area contributed by atoms with Crippen LogP contribution in [0, 0.1) is 24.0 Å². The summed E-state index contributed by atoms with van der Waals surface area (Å²) in [5.41, 5.74) is 3.33. The Hall–Kier alpha value is -2.82. The van der Waals surface area contributed by atoms with Gasteiger partial charge in [-0.05, 0) is 31.5 Å². The van der Waals surface area contributed by atoms with E-state index in [1.807, 2.05) is 38.1 Å². The van der Waals surface area contributed by atoms with Crippen LogP contribution in [0.2, 0.25) is 0 Å². The van der Waals surface area contributed by atoms with Gasteiger partial charge in [-0.1, -0.05) is 35.9 Å². The number of carbonyl (C=O) groups excluding carboxylic acids is 1. The molecule has 2 aromatic carbocycles. The molecule has 0 radical (unpaired) electrons. The van der Waals surface area contributed by atoms with Gasteiger partial charge >= 0.3 is 0 Å². The lowest BCUT2D eigenvalue weighted by molar-refractivity contribution is -0.462. The van der Waals surface area contributed by atoms with Gasteiger partial charge in [0.1, 0.15) is 0 Å². The first-order valence-electron chi connectivity index (χ1n) is 6.84. The van der Waals surface area contributed by atoms with E-state index in [4.69, 9.17) is 0 Å². The van der Waals surface area contributed by atoms with Gasteiger partial charge in [0.25, 0.3) is 0 Å². The monoisotopic (exact) mass is 296 g/mol. The number of aryl methyl sites for hydroxylation is 2. The maximum atomic E-state index is 12.7. The Morgan fingerprint density at radius 1 is 1.18 bits per heavy atom. The summed E-state index contributed by atoms with van der Waals surface area (Å²) >= 11 is 0. The highest BCUT2D eigenvalue weighted by atomic mass is 16.6. The number of nitrogens with zero attached hydrogens (tertiary/aromatic N) is 2. The van der Waals surface area contributed by atoms with Crippen LogP contribution in [0.15, 0.2) is 47.5 Å². The molecule has 0 spiro atoms. The van der Waals surface area contributed by atoms with Gasteiger partial charge in [-0.2, -0.15) is 0 Å². The minimum atomic E-state index is -0.472. The van der Waals surface area contributed by atoms with Crippen LogP contribution in [-0.4, -0.2) is 23.5 Å². The minimum absolute atomic E-state index is 0.130. The summed E-state index contributed by atoms with van der Waals surface area (Å²) in [6, 6.07) is 12.6. The van der Waals surface area contributed by atoms with Gasteiger partial charge < -0.3 is 0 Å². The molecule has 0 saturated heterocycles. The average Bonchev–Trinajstić information content (AvgIpc) is 2.48. The Morgan fingerprint density at radius 3 is 2.59 bits per heavy atom. The maximum absolute atomic E-state index is 12.7. The van der Waals surface area contributed by atoms with Crippen molar-refractivity contribution in [3.63, 3.8) is 0 Å². The standard InChI is InChI=1S/C17H16N2O3/c1-12-7-8-16(18-9-10-19(21)22)15(11-12)17(20)14-6-4-3-5-13(14)2/h3-9,11H,10H2,1-2H3. The highest BCUT2D eigenvalue weighted by molar-refractivity contribution is 6.13. The van der Waals surface area contributed by atoms with Gasteiger partial charge in [0.15, 0.2) is 5.78 Å². The van der Waals surface area contributed by atoms with Gasteiger partial charge in [0.05, 0.1) is 11.9 Å². The molecule has 112 valence electrons. The van der Waals surface area contributed by atoms with E-state index >= 15 is 0 Å². The maximum Gasteiger partial charge on any atom is 0.238 e. The van der Waals surface area contributed by atoms with E-state index in [-0.39, 0.29) is 12.3 Å². The molecule has 0 aliphatic rings. The third-order valence-corrected chi connectivity index (χ3v) is 3.25. The lowest BCUT2D eigenvalue weighted by Gasteiger charge is -2.08. The van der Waals surface area contributed by atoms with Crippen LogP contribution in [0.25, 0.3) is 0 Å². The van der Waals surface area contributed by atoms with Gasteiger partial charge in [-0.15, -0.1) is 0 Å². The largest absolute Gasteiger partial charge is 0.289 e. The first-order valence-corrected chi connectivity index (χ1v) is 6.84. The molecule has 0 atom stereocenters. The molecule has 0 amide bonds. The first-order chi connectivity index (χ1) is 10.5. The Kier molecular flexibility index (Phi) is 4.78. The molecule has 0 bridgehead atoms. The van der Waals surface area contributed by atoms with Gasteiger partial charge in [0.2, 0.25) is 6.54 Å². The van der Waals surface area contributed by atoms with E-state index in [1.165, 1.54) is 6.21 Å². The van der Waals surface area contributed by atoms with Crippen LogP contribution in [0.1, 0.15) is 27.0 Å². The van der Waals surface area contributed by atoms with E-state index in [1.54, 1.807) is 18.2 Å². The molecule has 0 unspecified atom stereocenters. The predicted octanol–water partition coefficient (Wildman–Crippen LogP) is 3.51. The Balaban J connectivity index is 2.43. The van der Waals surface area contributed by atoms with Crippen LogP contribution < -0.4 is 0 Å². The van der Waals surface area contributed by atoms with E-state index in [0.29, 0.717) is 16.8 Å². The van der Waals surface area contributed by atoms with Crippen molar-refractivity contribution in [2.24, 2.45) is 4.99 Å². The molecular formula is C17H16N2O3. The Bertz CT molecular complexity index is 751. The second-order valence-corrected chi connectivity index (χ2v) is 4.99. The highest BCUT2D eigenvalue weighted by Gasteiger charge is 2.15. The Morgan fingerprint density at radius 2 is 1.91 bits per heavy atom. The van der Waals surface area contributed by atoms with Crippen molar-refractivity contribution in [3.05, 3.63) is 74.8 Å². The molecule has 22 heavy (non-hydrogen) atoms. The molecule has 0 N–H and O–H groups in total. The third kappa shape index (κ3) is 3.63. The zero-order valence-electron chi connectivity index (χ0n) is 12.4. The number of hydrogen-bond acceptors (Lipinski definition) is 4. The fourth-order valence-electron chi connectivity index (χ4n) is 2.12. The van der Waals surface area contributed by atoms with Crippen LogP contribution in [0.5, 0.6) is 0 Å². The van der Waals surface area contributed by atoms with Crippen molar-refractivity contribution >= 4 is 17.7 Å². The molecule has 2 rings (SSSR count). The van der Waals surface area contributed by atoms with Crippen LogP contribution >= 0.6 is 0 Å². The fraction of sp³-hybridized carbons (Fsp3) is 0.176. The normalized spacial score (nSPS) is 10.8. The lowest BCUT2D eigenvalue weighted by atomic mass is 9.97. The fourth-order valence-corrected chi connectivity index (χ4v) is 2.12. The summed E-state index contributed by atoms with van der Waals surface area (Å²) in [6.45, 7) is 3.39. The minimum Gasteiger partial charge on any atom is -0.289 e. The molecule has 2 aromatic rings. The third-order valence-electron chi connectivity index (χ3n) is 3.25. The van der Waals surface area contributed by atoms with E-state index < -0.39 is 4.92 Å². The number of carbonyl (C=O) groups is 1. The van der Waals surface area contributed by atoms with E-state index in [2.05, 4.69) is 4.99 Å². The lowest BCUT2D eigenvalue weighted by Crippen LogP contribution is -2.05. The smallest absolute Gasteiger partial charge is 0.238 e. The van der Waals surface area contributed by atoms with Crippen LogP contribution in [-0.2, 0) is 0 Å². The zero-order chi connectivity index (χ0) is 16.1. The van der Waals surface area contributed by atoms with E-state index in [0.717, 1.165) is 11.1 Å². The number of rotatable bonds is 5. The molecule has 0 aliphatic carbocycles. The summed E-state index contributed by atoms with van der Waals surface area (Å²) in [4.78, 5) is 26.7. The Labute approximate surface area is 128 Å². The van der Waals surface area contributed by atoms with Gasteiger partial charge in [0, 0.05) is 16.1 Å². The molecule has 5 heteroatoms. The number of benzene rings is 2. The van der Waals surface area contributed by atoms with E-state index in [9.17, 15) is 14.9 Å². The number of hydrogen-bond donors (Lipinski definition) is 0. The van der Waals surface area contributed by atoms with Crippen molar-refractivity contribution in [2.75, 3.05) is 6.54 Å². The van der Waals surface area contributed by atoms with Gasteiger partial charge in [-0.25, -0.2) is 0 Å². The summed E-state index contributed by atoms with van der Waals surface area (Å²) in [7, 11) is 0. The first kappa shape index (κ1) is 15.6. The summed E-state index contributed by atoms with van der Waals surface area (Å²) in [6.07, 6.45) is 1.21. The van der Waals surface area contributed by atoms with Crippen molar-refractivity contribution in [3.8, 4) is 0 Å². The van der Waals surface area contributed by atoms with Crippen LogP contribution in [0.4, 0.5) is 5.69 Å². The summed E-state index contributed by atoms with van der Waals surface area (Å²) in [5, 5.41) is 10.4. The number of nitro groups is 1. The summed E-state index contributed by atoms with van der Waals surface area (Å²) in [5.74, 6) is -0.130. The molecule has 5 nitrogen and oxygen atoms in total. The second-order valence-electron chi connectivity index (χ2n) is 4.99. The molecular weight excluding hydrogens is 280 g/mol. The molecule has 0 heterocycles. The van der Waals surface area contributed by atoms with Crippen molar-refractivity contribution in [2.45, 2.75) is 13.8 Å². The predicted molar refractivity (Wildman–Crippen MR) is 85.8 cm³/mol. The van der Waals surface area contributed by atoms with Gasteiger partial charge in [-0.3, -0.25) is 19.9 Å². The second kappa shape index (κ2) is 6.76. The van der Waals surface area contributed by atoms with Crippen molar-refractivity contribution in [1.29, 1.82) is 0 Å². The molecule has 0 aliphatic heterocycles. The highest BCUT2D eigenvalue weighted by Crippen LogP contribution is 2.24.